The summed E-state index contributed by atoms with van der Waals surface area (Å²) in [5.74, 6) is 0.965. The van der Waals surface area contributed by atoms with Crippen LogP contribution in [-0.4, -0.2) is 17.3 Å². The molecule has 11 heavy (non-hydrogen) atoms. The molecule has 0 fully saturated rings. The molecule has 0 aromatic carbocycles. The summed E-state index contributed by atoms with van der Waals surface area (Å²) < 4.78 is 1.13. The number of hydrogen-bond acceptors (Lipinski definition) is 4. The minimum absolute atomic E-state index is 0. The second-order valence-electron chi connectivity index (χ2n) is 1.89. The van der Waals surface area contributed by atoms with Crippen molar-refractivity contribution in [3.63, 3.8) is 0 Å². The van der Waals surface area contributed by atoms with Crippen molar-refractivity contribution < 1.29 is 0 Å². The summed E-state index contributed by atoms with van der Waals surface area (Å²) in [6.45, 7) is 2.73. The van der Waals surface area contributed by atoms with E-state index in [-0.39, 0.29) is 12.4 Å². The van der Waals surface area contributed by atoms with Crippen molar-refractivity contribution in [3.8, 4) is 0 Å². The lowest BCUT2D eigenvalue weighted by molar-refractivity contribution is 1.13. The van der Waals surface area contributed by atoms with E-state index >= 15 is 0 Å². The predicted molar refractivity (Wildman–Crippen MR) is 53.9 cm³/mol. The molecule has 5 heteroatoms. The first-order chi connectivity index (χ1) is 4.83. The van der Waals surface area contributed by atoms with Crippen molar-refractivity contribution in [1.29, 1.82) is 0 Å². The van der Waals surface area contributed by atoms with Crippen molar-refractivity contribution >= 4 is 35.5 Å². The average Bonchev–Trinajstić information content (AvgIpc) is 2.31. The highest BCUT2D eigenvalue weighted by Crippen LogP contribution is 2.21. The molecule has 0 bridgehead atoms. The molecule has 2 nitrogen and oxygen atoms in total. The lowest BCUT2D eigenvalue weighted by atomic mass is 10.6. The van der Waals surface area contributed by atoms with Gasteiger partial charge < -0.3 is 5.73 Å². The second-order valence-corrected chi connectivity index (χ2v) is 4.09. The smallest absolute Gasteiger partial charge is 0.150 e. The van der Waals surface area contributed by atoms with Crippen LogP contribution in [0.4, 0.5) is 0 Å². The molecular formula is C6H11ClN2S2. The molecule has 0 amide bonds. The molecule has 0 spiro atoms. The number of aromatic nitrogens is 1. The number of thioether (sulfide) groups is 1. The molecule has 1 rings (SSSR count). The molecule has 0 unspecified atom stereocenters. The second kappa shape index (κ2) is 5.83. The Bertz CT molecular complexity index is 202. The molecular weight excluding hydrogens is 200 g/mol. The SMILES string of the molecule is Cc1csc(SCCN)n1.Cl. The van der Waals surface area contributed by atoms with E-state index in [0.29, 0.717) is 0 Å². The van der Waals surface area contributed by atoms with E-state index in [9.17, 15) is 0 Å². The van der Waals surface area contributed by atoms with Gasteiger partial charge in [-0.3, -0.25) is 0 Å². The Kier molecular flexibility index (Phi) is 5.95. The van der Waals surface area contributed by atoms with Crippen molar-refractivity contribution in [2.75, 3.05) is 12.3 Å². The molecule has 1 aromatic heterocycles. The summed E-state index contributed by atoms with van der Waals surface area (Å²) in [7, 11) is 0. The van der Waals surface area contributed by atoms with Gasteiger partial charge in [-0.05, 0) is 6.92 Å². The van der Waals surface area contributed by atoms with Gasteiger partial charge in [0.1, 0.15) is 4.34 Å². The third-order valence-electron chi connectivity index (χ3n) is 0.941. The van der Waals surface area contributed by atoms with Crippen LogP contribution in [-0.2, 0) is 0 Å². The Hall–Kier alpha value is 0.230. The van der Waals surface area contributed by atoms with Crippen LogP contribution in [0.1, 0.15) is 5.69 Å². The maximum atomic E-state index is 5.34. The first kappa shape index (κ1) is 11.2. The Labute approximate surface area is 81.0 Å². The number of hydrogen-bond donors (Lipinski definition) is 1. The Morgan fingerprint density at radius 2 is 2.45 bits per heavy atom. The molecule has 0 radical (unpaired) electrons. The normalized spacial score (nSPS) is 9.27. The predicted octanol–water partition coefficient (Wildman–Crippen LogP) is 1.92. The first-order valence-corrected chi connectivity index (χ1v) is 4.94. The van der Waals surface area contributed by atoms with Crippen LogP contribution in [0.25, 0.3) is 0 Å². The average molecular weight is 211 g/mol. The lowest BCUT2D eigenvalue weighted by Gasteiger charge is -1.89. The van der Waals surface area contributed by atoms with Gasteiger partial charge in [-0.1, -0.05) is 11.8 Å². The zero-order chi connectivity index (χ0) is 7.40. The molecule has 64 valence electrons. The monoisotopic (exact) mass is 210 g/mol. The van der Waals surface area contributed by atoms with Gasteiger partial charge in [0.05, 0.1) is 0 Å². The largest absolute Gasteiger partial charge is 0.330 e. The van der Waals surface area contributed by atoms with E-state index in [0.717, 1.165) is 22.3 Å². The van der Waals surface area contributed by atoms with E-state index in [4.69, 9.17) is 5.73 Å². The van der Waals surface area contributed by atoms with E-state index in [1.165, 1.54) is 0 Å². The van der Waals surface area contributed by atoms with Gasteiger partial charge in [0, 0.05) is 23.4 Å². The Morgan fingerprint density at radius 3 is 2.91 bits per heavy atom. The number of rotatable bonds is 3. The summed E-state index contributed by atoms with van der Waals surface area (Å²) in [6, 6.07) is 0. The van der Waals surface area contributed by atoms with Gasteiger partial charge in [-0.15, -0.1) is 23.7 Å². The maximum absolute atomic E-state index is 5.34. The highest BCUT2D eigenvalue weighted by atomic mass is 35.5. The van der Waals surface area contributed by atoms with Gasteiger partial charge in [0.25, 0.3) is 0 Å². The van der Waals surface area contributed by atoms with Crippen molar-refractivity contribution in [1.82, 2.24) is 4.98 Å². The highest BCUT2D eigenvalue weighted by molar-refractivity contribution is 8.01. The standard InChI is InChI=1S/C6H10N2S2.ClH/c1-5-4-10-6(8-5)9-3-2-7;/h4H,2-3,7H2,1H3;1H. The molecule has 0 aliphatic rings. The summed E-state index contributed by atoms with van der Waals surface area (Å²) in [6.07, 6.45) is 0. The molecule has 0 saturated heterocycles. The van der Waals surface area contributed by atoms with Crippen molar-refractivity contribution in [2.24, 2.45) is 5.73 Å². The van der Waals surface area contributed by atoms with Crippen LogP contribution < -0.4 is 5.73 Å². The zero-order valence-electron chi connectivity index (χ0n) is 6.24. The topological polar surface area (TPSA) is 38.9 Å². The molecule has 2 N–H and O–H groups in total. The number of thiazole rings is 1. The number of nitrogens with two attached hydrogens (primary N) is 1. The fourth-order valence-electron chi connectivity index (χ4n) is 0.545. The molecule has 0 aliphatic heterocycles. The quantitative estimate of drug-likeness (QED) is 0.775. The maximum Gasteiger partial charge on any atom is 0.150 e. The number of halogens is 1. The van der Waals surface area contributed by atoms with Crippen LogP contribution >= 0.6 is 35.5 Å². The Morgan fingerprint density at radius 1 is 1.73 bits per heavy atom. The number of nitrogens with zero attached hydrogens (tertiary/aromatic N) is 1. The van der Waals surface area contributed by atoms with Crippen molar-refractivity contribution in [3.05, 3.63) is 11.1 Å². The minimum Gasteiger partial charge on any atom is -0.330 e. The fraction of sp³-hybridized carbons (Fsp3) is 0.500. The lowest BCUT2D eigenvalue weighted by Crippen LogP contribution is -2.00. The van der Waals surface area contributed by atoms with Gasteiger partial charge in [0.2, 0.25) is 0 Å². The van der Waals surface area contributed by atoms with Gasteiger partial charge in [-0.25, -0.2) is 4.98 Å². The van der Waals surface area contributed by atoms with Crippen LogP contribution in [0.5, 0.6) is 0 Å². The van der Waals surface area contributed by atoms with Crippen LogP contribution in [0.15, 0.2) is 9.72 Å². The number of aryl methyl sites for hydroxylation is 1. The molecule has 0 atom stereocenters. The molecule has 0 saturated carbocycles. The third kappa shape index (κ3) is 3.96. The Balaban J connectivity index is 0.000001000. The van der Waals surface area contributed by atoms with Crippen LogP contribution in [0.2, 0.25) is 0 Å². The summed E-state index contributed by atoms with van der Waals surface area (Å²) in [4.78, 5) is 4.27. The third-order valence-corrected chi connectivity index (χ3v) is 3.11. The van der Waals surface area contributed by atoms with E-state index in [2.05, 4.69) is 10.4 Å². The highest BCUT2D eigenvalue weighted by Gasteiger charge is 1.96. The fourth-order valence-corrected chi connectivity index (χ4v) is 2.23. The molecule has 1 aromatic rings. The van der Waals surface area contributed by atoms with Crippen LogP contribution in [0, 0.1) is 6.92 Å². The summed E-state index contributed by atoms with van der Waals surface area (Å²) >= 11 is 3.41. The summed E-state index contributed by atoms with van der Waals surface area (Å²) in [5, 5.41) is 2.05. The van der Waals surface area contributed by atoms with Crippen LogP contribution in [0.3, 0.4) is 0 Å². The molecule has 0 aliphatic carbocycles. The van der Waals surface area contributed by atoms with Crippen molar-refractivity contribution in [2.45, 2.75) is 11.3 Å². The van der Waals surface area contributed by atoms with Gasteiger partial charge >= 0.3 is 0 Å². The zero-order valence-corrected chi connectivity index (χ0v) is 8.69. The van der Waals surface area contributed by atoms with Gasteiger partial charge in [-0.2, -0.15) is 0 Å². The van der Waals surface area contributed by atoms with E-state index in [1.807, 2.05) is 6.92 Å². The first-order valence-electron chi connectivity index (χ1n) is 3.08. The molecule has 1 heterocycles. The van der Waals surface area contributed by atoms with E-state index in [1.54, 1.807) is 23.1 Å². The minimum atomic E-state index is 0. The van der Waals surface area contributed by atoms with E-state index < -0.39 is 0 Å². The van der Waals surface area contributed by atoms with Gasteiger partial charge in [0.15, 0.2) is 0 Å². The summed E-state index contributed by atoms with van der Waals surface area (Å²) in [5.41, 5.74) is 6.44.